The first-order valence-electron chi connectivity index (χ1n) is 11.0. The normalized spacial score (nSPS) is 19.1. The predicted molar refractivity (Wildman–Crippen MR) is 116 cm³/mol. The zero-order valence-corrected chi connectivity index (χ0v) is 19.1. The van der Waals surface area contributed by atoms with Crippen LogP contribution < -0.4 is 4.90 Å². The van der Waals surface area contributed by atoms with Crippen molar-refractivity contribution in [3.63, 3.8) is 0 Å². The van der Waals surface area contributed by atoms with Gasteiger partial charge in [-0.15, -0.1) is 0 Å². The molecule has 0 saturated carbocycles. The standard InChI is InChI=1S/C20H29F3N4O5S/c21-20(22,23)16-32-14-4-7-24-10-12-25(13-11-24)18-6-5-17(15-19(18)27(28)29)33(30,31)26-8-2-1-3-9-26/h5-6,15H,1-4,7-14,16H2. The van der Waals surface area contributed by atoms with Crippen molar-refractivity contribution < 1.29 is 31.2 Å². The number of benzene rings is 1. The SMILES string of the molecule is O=[N+]([O-])c1cc(S(=O)(=O)N2CCCCC2)ccc1N1CCN(CCCOCC(F)(F)F)CC1. The van der Waals surface area contributed by atoms with Gasteiger partial charge in [-0.05, 0) is 31.4 Å². The third-order valence-corrected chi connectivity index (χ3v) is 7.73. The van der Waals surface area contributed by atoms with Crippen LogP contribution in [-0.4, -0.2) is 87.7 Å². The molecular weight excluding hydrogens is 465 g/mol. The molecule has 0 bridgehead atoms. The van der Waals surface area contributed by atoms with Crippen LogP contribution >= 0.6 is 0 Å². The highest BCUT2D eigenvalue weighted by Crippen LogP contribution is 2.33. The van der Waals surface area contributed by atoms with E-state index in [1.807, 2.05) is 4.90 Å². The van der Waals surface area contributed by atoms with Crippen molar-refractivity contribution in [2.45, 2.75) is 36.8 Å². The molecule has 0 radical (unpaired) electrons. The van der Waals surface area contributed by atoms with E-state index < -0.39 is 27.7 Å². The summed E-state index contributed by atoms with van der Waals surface area (Å²) >= 11 is 0. The number of halogens is 3. The number of piperazine rings is 1. The molecule has 3 rings (SSSR count). The lowest BCUT2D eigenvalue weighted by molar-refractivity contribution is -0.384. The van der Waals surface area contributed by atoms with E-state index in [9.17, 15) is 31.7 Å². The topological polar surface area (TPSA) is 96.2 Å². The molecule has 2 heterocycles. The Kier molecular flexibility index (Phi) is 8.54. The summed E-state index contributed by atoms with van der Waals surface area (Å²) in [6.45, 7) is 2.31. The molecule has 2 aliphatic rings. The summed E-state index contributed by atoms with van der Waals surface area (Å²) < 4.78 is 68.1. The Morgan fingerprint density at radius 2 is 1.70 bits per heavy atom. The zero-order chi connectivity index (χ0) is 24.1. The largest absolute Gasteiger partial charge is 0.411 e. The Bertz CT molecular complexity index is 915. The Morgan fingerprint density at radius 3 is 2.30 bits per heavy atom. The summed E-state index contributed by atoms with van der Waals surface area (Å²) in [5.74, 6) is 0. The van der Waals surface area contributed by atoms with Gasteiger partial charge >= 0.3 is 6.18 Å². The van der Waals surface area contributed by atoms with Crippen molar-refractivity contribution in [3.8, 4) is 0 Å². The molecule has 2 saturated heterocycles. The van der Waals surface area contributed by atoms with Gasteiger partial charge in [0.1, 0.15) is 12.3 Å². The lowest BCUT2D eigenvalue weighted by atomic mass is 10.2. The highest BCUT2D eigenvalue weighted by atomic mass is 32.2. The Labute approximate surface area is 191 Å². The van der Waals surface area contributed by atoms with Crippen LogP contribution in [-0.2, 0) is 14.8 Å². The van der Waals surface area contributed by atoms with Crippen LogP contribution in [0.2, 0.25) is 0 Å². The first kappa shape index (κ1) is 25.7. The van der Waals surface area contributed by atoms with Gasteiger partial charge in [-0.2, -0.15) is 17.5 Å². The van der Waals surface area contributed by atoms with Gasteiger partial charge in [0.25, 0.3) is 5.69 Å². The molecule has 13 heteroatoms. The maximum atomic E-state index is 12.9. The number of alkyl halides is 3. The molecule has 9 nitrogen and oxygen atoms in total. The lowest BCUT2D eigenvalue weighted by Crippen LogP contribution is -2.47. The van der Waals surface area contributed by atoms with Crippen LogP contribution in [0.25, 0.3) is 0 Å². The Balaban J connectivity index is 1.59. The molecule has 186 valence electrons. The number of piperidine rings is 1. The number of nitro groups is 1. The molecule has 33 heavy (non-hydrogen) atoms. The van der Waals surface area contributed by atoms with Gasteiger partial charge in [0.05, 0.1) is 9.82 Å². The molecule has 0 aliphatic carbocycles. The van der Waals surface area contributed by atoms with Gasteiger partial charge in [-0.25, -0.2) is 8.42 Å². The van der Waals surface area contributed by atoms with Gasteiger partial charge in [0.2, 0.25) is 10.0 Å². The summed E-state index contributed by atoms with van der Waals surface area (Å²) in [6, 6.07) is 4.07. The smallest absolute Gasteiger partial charge is 0.372 e. The highest BCUT2D eigenvalue weighted by Gasteiger charge is 2.31. The van der Waals surface area contributed by atoms with Gasteiger partial charge < -0.3 is 9.64 Å². The van der Waals surface area contributed by atoms with Gasteiger partial charge in [0.15, 0.2) is 0 Å². The van der Waals surface area contributed by atoms with Crippen molar-refractivity contribution in [3.05, 3.63) is 28.3 Å². The highest BCUT2D eigenvalue weighted by molar-refractivity contribution is 7.89. The first-order valence-corrected chi connectivity index (χ1v) is 12.4. The minimum absolute atomic E-state index is 0.0121. The monoisotopic (exact) mass is 494 g/mol. The number of anilines is 1. The number of rotatable bonds is 9. The summed E-state index contributed by atoms with van der Waals surface area (Å²) in [5, 5.41) is 11.7. The third kappa shape index (κ3) is 7.01. The zero-order valence-electron chi connectivity index (χ0n) is 18.3. The average Bonchev–Trinajstić information content (AvgIpc) is 2.78. The molecule has 0 atom stereocenters. The molecule has 0 N–H and O–H groups in total. The Hall–Kier alpha value is -1.96. The molecule has 1 aromatic carbocycles. The summed E-state index contributed by atoms with van der Waals surface area (Å²) in [4.78, 5) is 15.0. The maximum Gasteiger partial charge on any atom is 0.411 e. The van der Waals surface area contributed by atoms with E-state index >= 15 is 0 Å². The van der Waals surface area contributed by atoms with Crippen LogP contribution in [0, 0.1) is 10.1 Å². The fraction of sp³-hybridized carbons (Fsp3) is 0.700. The van der Waals surface area contributed by atoms with Crippen molar-refractivity contribution in [2.75, 3.05) is 63.9 Å². The second-order valence-electron chi connectivity index (χ2n) is 8.22. The summed E-state index contributed by atoms with van der Waals surface area (Å²) in [5.41, 5.74) is 0.118. The van der Waals surface area contributed by atoms with Gasteiger partial charge in [-0.3, -0.25) is 15.0 Å². The third-order valence-electron chi connectivity index (χ3n) is 5.84. The molecule has 0 amide bonds. The maximum absolute atomic E-state index is 12.9. The minimum Gasteiger partial charge on any atom is -0.372 e. The number of ether oxygens (including phenoxy) is 1. The molecule has 2 aliphatic heterocycles. The van der Waals surface area contributed by atoms with E-state index in [1.54, 1.807) is 0 Å². The number of nitro benzene ring substituents is 1. The van der Waals surface area contributed by atoms with Crippen molar-refractivity contribution in [1.29, 1.82) is 0 Å². The van der Waals surface area contributed by atoms with E-state index in [0.29, 0.717) is 57.9 Å². The van der Waals surface area contributed by atoms with E-state index in [2.05, 4.69) is 9.64 Å². The molecule has 0 spiro atoms. The Morgan fingerprint density at radius 1 is 1.03 bits per heavy atom. The predicted octanol–water partition coefficient (Wildman–Crippen LogP) is 2.86. The van der Waals surface area contributed by atoms with Crippen LogP contribution in [0.1, 0.15) is 25.7 Å². The fourth-order valence-electron chi connectivity index (χ4n) is 4.12. The van der Waals surface area contributed by atoms with Crippen molar-refractivity contribution >= 4 is 21.4 Å². The molecular formula is C20H29F3N4O5S. The first-order chi connectivity index (χ1) is 15.6. The van der Waals surface area contributed by atoms with Crippen LogP contribution in [0.15, 0.2) is 23.1 Å². The minimum atomic E-state index is -4.33. The van der Waals surface area contributed by atoms with E-state index in [-0.39, 0.29) is 17.2 Å². The number of sulfonamides is 1. The average molecular weight is 495 g/mol. The van der Waals surface area contributed by atoms with E-state index in [1.165, 1.54) is 16.4 Å². The number of hydrogen-bond acceptors (Lipinski definition) is 7. The van der Waals surface area contributed by atoms with E-state index in [0.717, 1.165) is 25.3 Å². The second-order valence-corrected chi connectivity index (χ2v) is 10.2. The number of hydrogen-bond donors (Lipinski definition) is 0. The second kappa shape index (κ2) is 11.0. The fourth-order valence-corrected chi connectivity index (χ4v) is 5.66. The molecule has 1 aromatic rings. The molecule has 0 aromatic heterocycles. The van der Waals surface area contributed by atoms with Crippen LogP contribution in [0.5, 0.6) is 0 Å². The quantitative estimate of drug-likeness (QED) is 0.296. The van der Waals surface area contributed by atoms with E-state index in [4.69, 9.17) is 0 Å². The summed E-state index contributed by atoms with van der Waals surface area (Å²) in [7, 11) is -3.78. The number of nitrogens with zero attached hydrogens (tertiary/aromatic N) is 4. The van der Waals surface area contributed by atoms with Crippen LogP contribution in [0.4, 0.5) is 24.5 Å². The van der Waals surface area contributed by atoms with Gasteiger partial charge in [0, 0.05) is 58.5 Å². The molecule has 0 unspecified atom stereocenters. The molecule has 2 fully saturated rings. The summed E-state index contributed by atoms with van der Waals surface area (Å²) in [6.07, 6.45) is -1.35. The van der Waals surface area contributed by atoms with Crippen molar-refractivity contribution in [1.82, 2.24) is 9.21 Å². The lowest BCUT2D eigenvalue weighted by Gasteiger charge is -2.36. The van der Waals surface area contributed by atoms with Gasteiger partial charge in [-0.1, -0.05) is 6.42 Å². The van der Waals surface area contributed by atoms with Crippen LogP contribution in [0.3, 0.4) is 0 Å². The van der Waals surface area contributed by atoms with Crippen molar-refractivity contribution in [2.24, 2.45) is 0 Å².